The summed E-state index contributed by atoms with van der Waals surface area (Å²) in [6.45, 7) is 1.98. The van der Waals surface area contributed by atoms with Gasteiger partial charge in [-0.05, 0) is 42.7 Å². The van der Waals surface area contributed by atoms with Gasteiger partial charge in [0.1, 0.15) is 0 Å². The van der Waals surface area contributed by atoms with Crippen molar-refractivity contribution in [1.82, 2.24) is 9.88 Å². The average molecular weight is 392 g/mol. The fourth-order valence-corrected chi connectivity index (χ4v) is 4.35. The van der Waals surface area contributed by atoms with E-state index in [-0.39, 0.29) is 11.0 Å². The van der Waals surface area contributed by atoms with Gasteiger partial charge in [0.05, 0.1) is 10.2 Å². The first-order valence-corrected chi connectivity index (χ1v) is 9.69. The highest BCUT2D eigenvalue weighted by molar-refractivity contribution is 7.80. The van der Waals surface area contributed by atoms with Gasteiger partial charge in [0.2, 0.25) is 5.11 Å². The number of aryl methyl sites for hydroxylation is 2. The van der Waals surface area contributed by atoms with Gasteiger partial charge >= 0.3 is 0 Å². The highest BCUT2D eigenvalue weighted by Crippen LogP contribution is 2.26. The molecule has 4 aromatic rings. The van der Waals surface area contributed by atoms with E-state index in [9.17, 15) is 4.79 Å². The van der Waals surface area contributed by atoms with E-state index in [1.807, 2.05) is 42.8 Å². The molecule has 0 atom stereocenters. The summed E-state index contributed by atoms with van der Waals surface area (Å²) >= 11 is 6.86. The van der Waals surface area contributed by atoms with Gasteiger partial charge in [-0.2, -0.15) is 4.99 Å². The van der Waals surface area contributed by atoms with E-state index in [2.05, 4.69) is 34.6 Å². The van der Waals surface area contributed by atoms with E-state index in [4.69, 9.17) is 12.2 Å². The minimum Gasteiger partial charge on any atom is -0.319 e. The van der Waals surface area contributed by atoms with Crippen LogP contribution in [-0.4, -0.2) is 15.6 Å². The fraction of sp³-hybridized carbons (Fsp3) is 0.0952. The molecule has 1 heterocycles. The van der Waals surface area contributed by atoms with Gasteiger partial charge in [0.25, 0.3) is 5.91 Å². The van der Waals surface area contributed by atoms with Gasteiger partial charge in [-0.3, -0.25) is 10.1 Å². The Morgan fingerprint density at radius 1 is 1.07 bits per heavy atom. The van der Waals surface area contributed by atoms with E-state index in [1.54, 1.807) is 23.5 Å². The van der Waals surface area contributed by atoms with Crippen LogP contribution < -0.4 is 10.1 Å². The molecule has 134 valence electrons. The first-order valence-electron chi connectivity index (χ1n) is 8.47. The van der Waals surface area contributed by atoms with Crippen molar-refractivity contribution in [2.24, 2.45) is 12.0 Å². The lowest BCUT2D eigenvalue weighted by Crippen LogP contribution is -2.29. The predicted octanol–water partition coefficient (Wildman–Crippen LogP) is 4.32. The molecule has 0 aliphatic heterocycles. The molecule has 0 aliphatic carbocycles. The van der Waals surface area contributed by atoms with Crippen LogP contribution in [0.5, 0.6) is 0 Å². The van der Waals surface area contributed by atoms with Crippen LogP contribution in [0.1, 0.15) is 15.9 Å². The Balaban J connectivity index is 1.68. The molecule has 0 saturated heterocycles. The third-order valence-corrected chi connectivity index (χ3v) is 5.81. The number of rotatable bonds is 1. The van der Waals surface area contributed by atoms with Crippen LogP contribution in [0.15, 0.2) is 65.7 Å². The zero-order valence-electron chi connectivity index (χ0n) is 14.9. The molecular formula is C21H17N3OS2. The van der Waals surface area contributed by atoms with Gasteiger partial charge < -0.3 is 4.57 Å². The van der Waals surface area contributed by atoms with E-state index in [0.717, 1.165) is 20.6 Å². The van der Waals surface area contributed by atoms with Crippen molar-refractivity contribution in [3.05, 3.63) is 76.6 Å². The summed E-state index contributed by atoms with van der Waals surface area (Å²) in [7, 11) is 1.96. The van der Waals surface area contributed by atoms with Gasteiger partial charge in [0.15, 0.2) is 4.80 Å². The Labute approximate surface area is 165 Å². The molecule has 0 radical (unpaired) electrons. The quantitative estimate of drug-likeness (QED) is 0.491. The van der Waals surface area contributed by atoms with Crippen molar-refractivity contribution in [3.63, 3.8) is 0 Å². The lowest BCUT2D eigenvalue weighted by Gasteiger charge is -2.03. The van der Waals surface area contributed by atoms with Crippen LogP contribution >= 0.6 is 23.6 Å². The Morgan fingerprint density at radius 2 is 1.81 bits per heavy atom. The molecule has 0 aliphatic rings. The number of thiocarbonyl (C=S) groups is 1. The van der Waals surface area contributed by atoms with Crippen LogP contribution in [0.4, 0.5) is 0 Å². The monoisotopic (exact) mass is 391 g/mol. The highest BCUT2D eigenvalue weighted by Gasteiger charge is 2.09. The number of nitrogens with one attached hydrogen (secondary N) is 1. The van der Waals surface area contributed by atoms with Crippen molar-refractivity contribution >= 4 is 55.6 Å². The molecule has 0 bridgehead atoms. The first-order chi connectivity index (χ1) is 13.0. The minimum absolute atomic E-state index is 0.159. The molecule has 0 spiro atoms. The first kappa shape index (κ1) is 17.6. The minimum atomic E-state index is -0.252. The fourth-order valence-electron chi connectivity index (χ4n) is 2.95. The number of benzene rings is 3. The van der Waals surface area contributed by atoms with E-state index in [0.29, 0.717) is 5.56 Å². The Hall–Kier alpha value is -2.83. The summed E-state index contributed by atoms with van der Waals surface area (Å²) in [6.07, 6.45) is 0. The summed E-state index contributed by atoms with van der Waals surface area (Å²) in [5.41, 5.74) is 2.75. The topological polar surface area (TPSA) is 46.4 Å². The maximum absolute atomic E-state index is 12.3. The summed E-state index contributed by atoms with van der Waals surface area (Å²) in [5.74, 6) is -0.252. The van der Waals surface area contributed by atoms with Gasteiger partial charge in [-0.25, -0.2) is 0 Å². The predicted molar refractivity (Wildman–Crippen MR) is 115 cm³/mol. The molecular weight excluding hydrogens is 374 g/mol. The largest absolute Gasteiger partial charge is 0.319 e. The maximum atomic E-state index is 12.3. The van der Waals surface area contributed by atoms with Crippen LogP contribution in [0.25, 0.3) is 21.0 Å². The second kappa shape index (κ2) is 7.06. The van der Waals surface area contributed by atoms with E-state index >= 15 is 0 Å². The number of carbonyl (C=O) groups excluding carboxylic acids is 1. The number of hydrogen-bond donors (Lipinski definition) is 1. The summed E-state index contributed by atoms with van der Waals surface area (Å²) in [4.78, 5) is 17.5. The van der Waals surface area contributed by atoms with Gasteiger partial charge in [-0.15, -0.1) is 0 Å². The molecule has 4 nitrogen and oxygen atoms in total. The molecule has 3 aromatic carbocycles. The lowest BCUT2D eigenvalue weighted by atomic mass is 10.1. The van der Waals surface area contributed by atoms with Crippen molar-refractivity contribution < 1.29 is 4.79 Å². The molecule has 6 heteroatoms. The number of fused-ring (bicyclic) bond motifs is 3. The third-order valence-electron chi connectivity index (χ3n) is 4.43. The molecule has 0 unspecified atom stereocenters. The summed E-state index contributed by atoms with van der Waals surface area (Å²) < 4.78 is 3.15. The highest BCUT2D eigenvalue weighted by atomic mass is 32.1. The van der Waals surface area contributed by atoms with Crippen molar-refractivity contribution in [3.8, 4) is 0 Å². The average Bonchev–Trinajstić information content (AvgIpc) is 2.98. The normalized spacial score (nSPS) is 11.9. The molecule has 1 amide bonds. The number of thiazole rings is 1. The number of aromatic nitrogens is 1. The summed E-state index contributed by atoms with van der Waals surface area (Å²) in [6, 6.07) is 19.8. The summed E-state index contributed by atoms with van der Waals surface area (Å²) in [5, 5.41) is 5.23. The van der Waals surface area contributed by atoms with Crippen LogP contribution in [0, 0.1) is 6.92 Å². The van der Waals surface area contributed by atoms with Crippen LogP contribution in [-0.2, 0) is 7.05 Å². The molecule has 4 rings (SSSR count). The van der Waals surface area contributed by atoms with Crippen LogP contribution in [0.3, 0.4) is 0 Å². The zero-order valence-corrected chi connectivity index (χ0v) is 16.5. The smallest absolute Gasteiger partial charge is 0.257 e. The number of carbonyl (C=O) groups is 1. The maximum Gasteiger partial charge on any atom is 0.257 e. The third kappa shape index (κ3) is 3.41. The SMILES string of the molecule is Cc1ccc(C(=O)NC(=S)N=c2sc3c4ccccc4ccc3n2C)cc1. The van der Waals surface area contributed by atoms with Gasteiger partial charge in [-0.1, -0.05) is 59.4 Å². The van der Waals surface area contributed by atoms with Crippen molar-refractivity contribution in [1.29, 1.82) is 0 Å². The molecule has 0 saturated carbocycles. The van der Waals surface area contributed by atoms with E-state index in [1.165, 1.54) is 10.8 Å². The molecule has 1 aromatic heterocycles. The Bertz CT molecular complexity index is 1250. The van der Waals surface area contributed by atoms with E-state index < -0.39 is 0 Å². The van der Waals surface area contributed by atoms with Crippen molar-refractivity contribution in [2.75, 3.05) is 0 Å². The lowest BCUT2D eigenvalue weighted by molar-refractivity contribution is 0.0977. The molecule has 0 fully saturated rings. The Kier molecular flexibility index (Phi) is 4.59. The standard InChI is InChI=1S/C21H17N3OS2/c1-13-7-9-15(10-8-13)19(25)22-20(26)23-21-24(2)17-12-11-14-5-3-4-6-16(14)18(17)27-21/h3-12H,1-2H3,(H,22,25,26). The number of nitrogens with zero attached hydrogens (tertiary/aromatic N) is 2. The van der Waals surface area contributed by atoms with Gasteiger partial charge in [0, 0.05) is 18.0 Å². The Morgan fingerprint density at radius 3 is 2.59 bits per heavy atom. The van der Waals surface area contributed by atoms with Crippen LogP contribution in [0.2, 0.25) is 0 Å². The second-order valence-electron chi connectivity index (χ2n) is 6.32. The number of amides is 1. The second-order valence-corrected chi connectivity index (χ2v) is 7.68. The molecule has 1 N–H and O–H groups in total. The van der Waals surface area contributed by atoms with Crippen molar-refractivity contribution in [2.45, 2.75) is 6.92 Å². The number of hydrogen-bond acceptors (Lipinski definition) is 3. The molecule has 27 heavy (non-hydrogen) atoms. The zero-order chi connectivity index (χ0) is 19.0.